The molecule has 0 aliphatic heterocycles. The Morgan fingerprint density at radius 1 is 1.50 bits per heavy atom. The van der Waals surface area contributed by atoms with Crippen LogP contribution in [-0.4, -0.2) is 36.3 Å². The van der Waals surface area contributed by atoms with Gasteiger partial charge in [-0.15, -0.1) is 0 Å². The van der Waals surface area contributed by atoms with E-state index in [1.165, 1.54) is 0 Å². The van der Waals surface area contributed by atoms with Crippen LogP contribution in [0.15, 0.2) is 0 Å². The monoisotopic (exact) mass is 244 g/mol. The van der Waals surface area contributed by atoms with Crippen molar-refractivity contribution in [1.29, 1.82) is 5.26 Å². The number of hydrogen-bond acceptors (Lipinski definition) is 4. The lowest BCUT2D eigenvalue weighted by molar-refractivity contribution is 0.252. The third-order valence-corrected chi connectivity index (χ3v) is 3.36. The molecule has 0 aliphatic rings. The van der Waals surface area contributed by atoms with Crippen LogP contribution in [0.2, 0.25) is 0 Å². The molecule has 0 fully saturated rings. The highest BCUT2D eigenvalue weighted by molar-refractivity contribution is 7.98. The maximum absolute atomic E-state index is 8.94. The van der Waals surface area contributed by atoms with Gasteiger partial charge in [-0.1, -0.05) is 13.8 Å². The number of thioether (sulfide) groups is 1. The average molecular weight is 244 g/mol. The summed E-state index contributed by atoms with van der Waals surface area (Å²) in [6, 6.07) is 2.57. The van der Waals surface area contributed by atoms with Gasteiger partial charge in [-0.3, -0.25) is 0 Å². The van der Waals surface area contributed by atoms with Crippen molar-refractivity contribution in [2.45, 2.75) is 39.2 Å². The normalized spacial score (nSPS) is 13.4. The Hall–Kier alpha value is -0.240. The number of aliphatic hydroxyl groups excluding tert-OH is 1. The van der Waals surface area contributed by atoms with Crippen molar-refractivity contribution in [1.82, 2.24) is 5.32 Å². The van der Waals surface area contributed by atoms with Gasteiger partial charge in [0.05, 0.1) is 6.07 Å². The van der Waals surface area contributed by atoms with Crippen molar-refractivity contribution in [3.63, 3.8) is 0 Å². The van der Waals surface area contributed by atoms with Crippen LogP contribution in [0.25, 0.3) is 0 Å². The van der Waals surface area contributed by atoms with Gasteiger partial charge in [0.25, 0.3) is 0 Å². The molecule has 16 heavy (non-hydrogen) atoms. The highest BCUT2D eigenvalue weighted by atomic mass is 32.2. The SMILES string of the molecule is CSCC(CCO)NCC(C)(C)CCC#N. The van der Waals surface area contributed by atoms with Crippen LogP contribution in [0.1, 0.15) is 33.1 Å². The number of hydrogen-bond donors (Lipinski definition) is 2. The fourth-order valence-electron chi connectivity index (χ4n) is 1.50. The molecule has 0 saturated carbocycles. The maximum Gasteiger partial charge on any atom is 0.0621 e. The Kier molecular flexibility index (Phi) is 8.73. The summed E-state index contributed by atoms with van der Waals surface area (Å²) < 4.78 is 0. The molecule has 0 spiro atoms. The van der Waals surface area contributed by atoms with Crippen LogP contribution in [0.4, 0.5) is 0 Å². The van der Waals surface area contributed by atoms with E-state index >= 15 is 0 Å². The second-order valence-electron chi connectivity index (χ2n) is 4.87. The first-order valence-electron chi connectivity index (χ1n) is 5.76. The number of nitrogens with one attached hydrogen (secondary N) is 1. The summed E-state index contributed by atoms with van der Waals surface area (Å²) in [6.45, 7) is 5.48. The smallest absolute Gasteiger partial charge is 0.0621 e. The topological polar surface area (TPSA) is 56.0 Å². The van der Waals surface area contributed by atoms with Crippen LogP contribution < -0.4 is 5.32 Å². The highest BCUT2D eigenvalue weighted by Gasteiger charge is 2.19. The number of nitrogens with zero attached hydrogens (tertiary/aromatic N) is 1. The lowest BCUT2D eigenvalue weighted by Crippen LogP contribution is -2.39. The first-order chi connectivity index (χ1) is 7.55. The van der Waals surface area contributed by atoms with Gasteiger partial charge in [0.1, 0.15) is 0 Å². The Morgan fingerprint density at radius 2 is 2.19 bits per heavy atom. The van der Waals surface area contributed by atoms with E-state index in [-0.39, 0.29) is 12.0 Å². The van der Waals surface area contributed by atoms with E-state index in [0.29, 0.717) is 12.5 Å². The van der Waals surface area contributed by atoms with E-state index < -0.39 is 0 Å². The first kappa shape index (κ1) is 15.8. The van der Waals surface area contributed by atoms with E-state index in [0.717, 1.165) is 25.1 Å². The second kappa shape index (κ2) is 8.86. The Balaban J connectivity index is 3.92. The lowest BCUT2D eigenvalue weighted by atomic mass is 9.88. The number of nitriles is 1. The first-order valence-corrected chi connectivity index (χ1v) is 7.15. The van der Waals surface area contributed by atoms with Gasteiger partial charge in [-0.05, 0) is 24.5 Å². The zero-order chi connectivity index (χ0) is 12.4. The average Bonchev–Trinajstić information content (AvgIpc) is 2.24. The molecule has 0 aromatic heterocycles. The quantitative estimate of drug-likeness (QED) is 0.651. The molecular weight excluding hydrogens is 220 g/mol. The van der Waals surface area contributed by atoms with Crippen LogP contribution in [-0.2, 0) is 0 Å². The summed E-state index contributed by atoms with van der Waals surface area (Å²) in [7, 11) is 0. The standard InChI is InChI=1S/C12H24N2OS/c1-12(2,6-4-7-13)10-14-11(5-8-15)9-16-3/h11,14-15H,4-6,8-10H2,1-3H3. The van der Waals surface area contributed by atoms with Crippen LogP contribution in [0.5, 0.6) is 0 Å². The molecule has 0 aromatic rings. The van der Waals surface area contributed by atoms with Gasteiger partial charge in [0, 0.05) is 31.4 Å². The van der Waals surface area contributed by atoms with Gasteiger partial charge < -0.3 is 10.4 Å². The van der Waals surface area contributed by atoms with Crippen molar-refractivity contribution in [2.75, 3.05) is 25.2 Å². The molecule has 1 unspecified atom stereocenters. The molecule has 0 saturated heterocycles. The van der Waals surface area contributed by atoms with Crippen molar-refractivity contribution in [2.24, 2.45) is 5.41 Å². The summed E-state index contributed by atoms with van der Waals surface area (Å²) >= 11 is 1.79. The minimum Gasteiger partial charge on any atom is -0.396 e. The summed E-state index contributed by atoms with van der Waals surface area (Å²) in [6.07, 6.45) is 4.41. The Labute approximate surface area is 104 Å². The van der Waals surface area contributed by atoms with E-state index in [4.69, 9.17) is 10.4 Å². The van der Waals surface area contributed by atoms with Gasteiger partial charge in [0.15, 0.2) is 0 Å². The van der Waals surface area contributed by atoms with Gasteiger partial charge in [0.2, 0.25) is 0 Å². The Bertz CT molecular complexity index is 208. The largest absolute Gasteiger partial charge is 0.396 e. The lowest BCUT2D eigenvalue weighted by Gasteiger charge is -2.27. The molecule has 0 heterocycles. The molecule has 0 aliphatic carbocycles. The summed E-state index contributed by atoms with van der Waals surface area (Å²) in [5.41, 5.74) is 0.155. The minimum absolute atomic E-state index is 0.155. The number of aliphatic hydroxyl groups is 1. The molecule has 0 rings (SSSR count). The van der Waals surface area contributed by atoms with Crippen LogP contribution in [0.3, 0.4) is 0 Å². The van der Waals surface area contributed by atoms with Gasteiger partial charge in [-0.25, -0.2) is 0 Å². The molecule has 0 radical (unpaired) electrons. The molecule has 2 N–H and O–H groups in total. The summed E-state index contributed by atoms with van der Waals surface area (Å²) in [5.74, 6) is 1.02. The van der Waals surface area contributed by atoms with E-state index in [9.17, 15) is 0 Å². The van der Waals surface area contributed by atoms with Crippen molar-refractivity contribution in [3.05, 3.63) is 0 Å². The third kappa shape index (κ3) is 7.98. The molecular formula is C12H24N2OS. The van der Waals surface area contributed by atoms with Crippen molar-refractivity contribution in [3.8, 4) is 6.07 Å². The number of rotatable bonds is 9. The van der Waals surface area contributed by atoms with E-state index in [1.807, 2.05) is 0 Å². The summed E-state index contributed by atoms with van der Waals surface area (Å²) in [4.78, 5) is 0. The molecule has 4 heteroatoms. The second-order valence-corrected chi connectivity index (χ2v) is 5.78. The summed E-state index contributed by atoms with van der Waals surface area (Å²) in [5, 5.41) is 21.0. The molecule has 3 nitrogen and oxygen atoms in total. The highest BCUT2D eigenvalue weighted by Crippen LogP contribution is 2.21. The Morgan fingerprint density at radius 3 is 2.69 bits per heavy atom. The zero-order valence-corrected chi connectivity index (χ0v) is 11.4. The van der Waals surface area contributed by atoms with Gasteiger partial charge in [-0.2, -0.15) is 17.0 Å². The maximum atomic E-state index is 8.94. The minimum atomic E-state index is 0.155. The van der Waals surface area contributed by atoms with Crippen LogP contribution in [0, 0.1) is 16.7 Å². The molecule has 94 valence electrons. The van der Waals surface area contributed by atoms with Crippen molar-refractivity contribution < 1.29 is 5.11 Å². The predicted octanol–water partition coefficient (Wildman–Crippen LogP) is 2.02. The van der Waals surface area contributed by atoms with E-state index in [2.05, 4.69) is 31.5 Å². The third-order valence-electron chi connectivity index (χ3n) is 2.63. The molecule has 1 atom stereocenters. The van der Waals surface area contributed by atoms with E-state index in [1.54, 1.807) is 11.8 Å². The molecule has 0 bridgehead atoms. The van der Waals surface area contributed by atoms with Crippen molar-refractivity contribution >= 4 is 11.8 Å². The fraction of sp³-hybridized carbons (Fsp3) is 0.917. The van der Waals surface area contributed by atoms with Gasteiger partial charge >= 0.3 is 0 Å². The van der Waals surface area contributed by atoms with Crippen LogP contribution >= 0.6 is 11.8 Å². The predicted molar refractivity (Wildman–Crippen MR) is 70.5 cm³/mol. The molecule has 0 aromatic carbocycles. The molecule has 0 amide bonds. The fourth-order valence-corrected chi connectivity index (χ4v) is 2.19. The zero-order valence-electron chi connectivity index (χ0n) is 10.6.